The van der Waals surface area contributed by atoms with Gasteiger partial charge in [-0.2, -0.15) is 0 Å². The van der Waals surface area contributed by atoms with Crippen LogP contribution in [0.5, 0.6) is 0 Å². The first-order valence-electron chi connectivity index (χ1n) is 21.9. The molecule has 64 heavy (non-hydrogen) atoms. The van der Waals surface area contributed by atoms with E-state index < -0.39 is 5.41 Å². The maximum atomic E-state index is 6.15. The highest BCUT2D eigenvalue weighted by Gasteiger charge is 2.46. The molecule has 0 atom stereocenters. The van der Waals surface area contributed by atoms with E-state index in [1.165, 1.54) is 44.2 Å². The zero-order chi connectivity index (χ0) is 42.2. The molecule has 2 aromatic heterocycles. The third kappa shape index (κ3) is 5.54. The minimum absolute atomic E-state index is 0.528. The quantitative estimate of drug-likeness (QED) is 0.157. The van der Waals surface area contributed by atoms with Crippen molar-refractivity contribution in [2.75, 3.05) is 0 Å². The lowest BCUT2D eigenvalue weighted by atomic mass is 9.67. The maximum absolute atomic E-state index is 6.15. The SMILES string of the molecule is c1ccc(C2(c3ccccc3)c3ccccc3-c3ccc(-c4cc(-c5ccc(-c6ccc7oc8ccccc8c7c6)cc5)nc(-c5cc6ccccc6c6ccccc56)n4)cc32)cc1. The van der Waals surface area contributed by atoms with Crippen molar-refractivity contribution in [3.63, 3.8) is 0 Å². The number of rotatable bonds is 6. The topological polar surface area (TPSA) is 38.9 Å². The van der Waals surface area contributed by atoms with Crippen LogP contribution in [0.2, 0.25) is 0 Å². The van der Waals surface area contributed by atoms with Crippen LogP contribution in [0.25, 0.3) is 99.6 Å². The van der Waals surface area contributed by atoms with Crippen molar-refractivity contribution in [3.8, 4) is 56.2 Å². The Morgan fingerprint density at radius 1 is 0.312 bits per heavy atom. The summed E-state index contributed by atoms with van der Waals surface area (Å²) in [6.07, 6.45) is 0. The van der Waals surface area contributed by atoms with Crippen LogP contribution in [0.15, 0.2) is 235 Å². The van der Waals surface area contributed by atoms with Gasteiger partial charge in [0.2, 0.25) is 0 Å². The highest BCUT2D eigenvalue weighted by Crippen LogP contribution is 2.56. The van der Waals surface area contributed by atoms with Crippen molar-refractivity contribution >= 4 is 43.5 Å². The van der Waals surface area contributed by atoms with E-state index in [1.54, 1.807) is 0 Å². The summed E-state index contributed by atoms with van der Waals surface area (Å²) >= 11 is 0. The van der Waals surface area contributed by atoms with Crippen LogP contribution in [-0.4, -0.2) is 9.97 Å². The van der Waals surface area contributed by atoms with E-state index in [0.29, 0.717) is 5.82 Å². The molecule has 0 spiro atoms. The maximum Gasteiger partial charge on any atom is 0.161 e. The molecular formula is C61H38N2O. The van der Waals surface area contributed by atoms with Gasteiger partial charge in [-0.05, 0) is 102 Å². The van der Waals surface area contributed by atoms with Crippen LogP contribution in [0, 0.1) is 0 Å². The molecule has 0 N–H and O–H groups in total. The van der Waals surface area contributed by atoms with Crippen LogP contribution in [0.1, 0.15) is 22.3 Å². The van der Waals surface area contributed by atoms with E-state index in [4.69, 9.17) is 14.4 Å². The van der Waals surface area contributed by atoms with Gasteiger partial charge in [-0.1, -0.05) is 194 Å². The first kappa shape index (κ1) is 36.3. The molecule has 0 saturated heterocycles. The molecule has 0 radical (unpaired) electrons. The van der Waals surface area contributed by atoms with E-state index >= 15 is 0 Å². The van der Waals surface area contributed by atoms with Gasteiger partial charge in [0.15, 0.2) is 5.82 Å². The molecule has 0 aliphatic heterocycles. The summed E-state index contributed by atoms with van der Waals surface area (Å²) < 4.78 is 6.15. The minimum atomic E-state index is -0.528. The fourth-order valence-electron chi connectivity index (χ4n) is 10.4. The third-order valence-corrected chi connectivity index (χ3v) is 13.4. The monoisotopic (exact) mass is 814 g/mol. The average Bonchev–Trinajstić information content (AvgIpc) is 3.90. The zero-order valence-corrected chi connectivity index (χ0v) is 34.7. The summed E-state index contributed by atoms with van der Waals surface area (Å²) in [4.78, 5) is 11.0. The molecule has 10 aromatic carbocycles. The zero-order valence-electron chi connectivity index (χ0n) is 34.7. The van der Waals surface area contributed by atoms with Crippen molar-refractivity contribution in [2.45, 2.75) is 5.41 Å². The Bertz CT molecular complexity index is 3740. The molecule has 0 fully saturated rings. The Kier molecular flexibility index (Phi) is 8.13. The molecule has 1 aliphatic carbocycles. The van der Waals surface area contributed by atoms with Gasteiger partial charge in [0.25, 0.3) is 0 Å². The third-order valence-electron chi connectivity index (χ3n) is 13.4. The lowest BCUT2D eigenvalue weighted by Crippen LogP contribution is -2.28. The van der Waals surface area contributed by atoms with Crippen LogP contribution < -0.4 is 0 Å². The van der Waals surface area contributed by atoms with E-state index in [0.717, 1.165) is 71.9 Å². The Morgan fingerprint density at radius 2 is 0.875 bits per heavy atom. The molecule has 0 unspecified atom stereocenters. The number of fused-ring (bicyclic) bond motifs is 9. The largest absolute Gasteiger partial charge is 0.456 e. The highest BCUT2D eigenvalue weighted by atomic mass is 16.3. The number of nitrogens with zero attached hydrogens (tertiary/aromatic N) is 2. The lowest BCUT2D eigenvalue weighted by Gasteiger charge is -2.34. The second-order valence-corrected chi connectivity index (χ2v) is 16.8. The smallest absolute Gasteiger partial charge is 0.161 e. The van der Waals surface area contributed by atoms with E-state index in [1.807, 2.05) is 12.1 Å². The number of benzene rings is 10. The lowest BCUT2D eigenvalue weighted by molar-refractivity contribution is 0.669. The summed E-state index contributed by atoms with van der Waals surface area (Å²) in [6.45, 7) is 0. The molecule has 12 aromatic rings. The van der Waals surface area contributed by atoms with Crippen LogP contribution in [-0.2, 0) is 5.41 Å². The van der Waals surface area contributed by atoms with Gasteiger partial charge in [-0.25, -0.2) is 9.97 Å². The van der Waals surface area contributed by atoms with Gasteiger partial charge in [0, 0.05) is 27.5 Å². The Labute approximate surface area is 370 Å². The molecule has 0 saturated carbocycles. The first-order valence-corrected chi connectivity index (χ1v) is 21.9. The molecule has 13 rings (SSSR count). The van der Waals surface area contributed by atoms with Crippen LogP contribution in [0.3, 0.4) is 0 Å². The van der Waals surface area contributed by atoms with Crippen molar-refractivity contribution in [1.82, 2.24) is 9.97 Å². The molecule has 2 heterocycles. The molecule has 1 aliphatic rings. The van der Waals surface area contributed by atoms with E-state index in [2.05, 4.69) is 218 Å². The standard InChI is InChI=1S/C61H38N2O/c1-3-16-44(17-4-1)61(45-18-5-2-6-19-45)54-25-13-11-23-49(54)50-33-31-43(37-55(50)61)57-38-56(62-60(63-57)53-36-42-15-7-8-20-46(42)47-21-9-10-22-48(47)53)40-29-27-39(28-30-40)41-32-34-59-52(35-41)51-24-12-14-26-58(51)64-59/h1-38H. The van der Waals surface area contributed by atoms with Crippen molar-refractivity contribution in [3.05, 3.63) is 253 Å². The minimum Gasteiger partial charge on any atom is -0.456 e. The normalized spacial score (nSPS) is 12.8. The molecule has 0 amide bonds. The van der Waals surface area contributed by atoms with Crippen LogP contribution >= 0.6 is 0 Å². The molecule has 0 bridgehead atoms. The van der Waals surface area contributed by atoms with Crippen molar-refractivity contribution < 1.29 is 4.42 Å². The Morgan fingerprint density at radius 3 is 1.66 bits per heavy atom. The number of para-hydroxylation sites is 1. The summed E-state index contributed by atoms with van der Waals surface area (Å²) in [6, 6.07) is 82.9. The number of aromatic nitrogens is 2. The Hall–Kier alpha value is -8.40. The predicted molar refractivity (Wildman–Crippen MR) is 263 cm³/mol. The first-order chi connectivity index (χ1) is 31.7. The fraction of sp³-hybridized carbons (Fsp3) is 0.0164. The number of hydrogen-bond donors (Lipinski definition) is 0. The fourth-order valence-corrected chi connectivity index (χ4v) is 10.4. The van der Waals surface area contributed by atoms with E-state index in [-0.39, 0.29) is 0 Å². The molecule has 298 valence electrons. The second kappa shape index (κ2) is 14.3. The average molecular weight is 815 g/mol. The summed E-state index contributed by atoms with van der Waals surface area (Å²) in [5, 5.41) is 6.92. The van der Waals surface area contributed by atoms with Crippen molar-refractivity contribution in [1.29, 1.82) is 0 Å². The highest BCUT2D eigenvalue weighted by molar-refractivity contribution is 6.13. The summed E-state index contributed by atoms with van der Waals surface area (Å²) in [7, 11) is 0. The molecular weight excluding hydrogens is 777 g/mol. The van der Waals surface area contributed by atoms with Gasteiger partial charge < -0.3 is 4.42 Å². The number of hydrogen-bond acceptors (Lipinski definition) is 3. The summed E-state index contributed by atoms with van der Waals surface area (Å²) in [5.74, 6) is 0.692. The van der Waals surface area contributed by atoms with E-state index in [9.17, 15) is 0 Å². The van der Waals surface area contributed by atoms with Gasteiger partial charge in [0.1, 0.15) is 11.2 Å². The Balaban J connectivity index is 1.02. The number of furan rings is 1. The molecule has 3 nitrogen and oxygen atoms in total. The predicted octanol–water partition coefficient (Wildman–Crippen LogP) is 15.7. The van der Waals surface area contributed by atoms with Gasteiger partial charge in [0.05, 0.1) is 16.8 Å². The molecule has 3 heteroatoms. The van der Waals surface area contributed by atoms with Gasteiger partial charge in [-0.3, -0.25) is 0 Å². The van der Waals surface area contributed by atoms with Gasteiger partial charge >= 0.3 is 0 Å². The van der Waals surface area contributed by atoms with Crippen molar-refractivity contribution in [2.24, 2.45) is 0 Å². The second-order valence-electron chi connectivity index (χ2n) is 16.8. The van der Waals surface area contributed by atoms with Gasteiger partial charge in [-0.15, -0.1) is 0 Å². The summed E-state index contributed by atoms with van der Waals surface area (Å²) in [5.41, 5.74) is 15.8. The van der Waals surface area contributed by atoms with Crippen LogP contribution in [0.4, 0.5) is 0 Å².